The van der Waals surface area contributed by atoms with Crippen LogP contribution in [0.4, 0.5) is 0 Å². The molecule has 0 heterocycles. The van der Waals surface area contributed by atoms with Crippen molar-refractivity contribution in [2.45, 2.75) is 77.6 Å². The zero-order valence-corrected chi connectivity index (χ0v) is 17.2. The molecule has 2 heteroatoms. The van der Waals surface area contributed by atoms with Gasteiger partial charge in [-0.15, -0.1) is 0 Å². The summed E-state index contributed by atoms with van der Waals surface area (Å²) in [6.07, 6.45) is 27.3. The maximum Gasteiger partial charge on any atom is 0.0478 e. The number of ether oxygens (including phenoxy) is 1. The summed E-state index contributed by atoms with van der Waals surface area (Å²) in [5, 5.41) is 0. The van der Waals surface area contributed by atoms with E-state index in [9.17, 15) is 0 Å². The van der Waals surface area contributed by atoms with Crippen LogP contribution in [0, 0.1) is 0 Å². The Morgan fingerprint density at radius 2 is 1.20 bits per heavy atom. The summed E-state index contributed by atoms with van der Waals surface area (Å²) < 4.78 is 5.66. The van der Waals surface area contributed by atoms with Gasteiger partial charge in [-0.1, -0.05) is 69.1 Å². The van der Waals surface area contributed by atoms with Crippen LogP contribution in [-0.2, 0) is 4.74 Å². The van der Waals surface area contributed by atoms with Crippen molar-refractivity contribution in [2.75, 3.05) is 33.9 Å². The SMILES string of the molecule is CCC=CCC=CCC=CCCCCCCCCOCCCN(C)C. The van der Waals surface area contributed by atoms with Gasteiger partial charge in [0.1, 0.15) is 0 Å². The summed E-state index contributed by atoms with van der Waals surface area (Å²) in [6.45, 7) is 5.15. The monoisotopic (exact) mass is 349 g/mol. The summed E-state index contributed by atoms with van der Waals surface area (Å²) in [7, 11) is 4.22. The maximum atomic E-state index is 5.66. The van der Waals surface area contributed by atoms with Gasteiger partial charge in [-0.05, 0) is 65.6 Å². The van der Waals surface area contributed by atoms with Crippen LogP contribution in [0.2, 0.25) is 0 Å². The lowest BCUT2D eigenvalue weighted by Gasteiger charge is -2.09. The van der Waals surface area contributed by atoms with E-state index in [1.807, 2.05) is 0 Å². The molecule has 0 aromatic heterocycles. The minimum absolute atomic E-state index is 0.912. The first kappa shape index (κ1) is 24.1. The molecule has 0 saturated carbocycles. The second kappa shape index (κ2) is 21.2. The number of unbranched alkanes of at least 4 members (excludes halogenated alkanes) is 6. The predicted octanol–water partition coefficient (Wildman–Crippen LogP) is 6.54. The fourth-order valence-corrected chi connectivity index (χ4v) is 2.58. The molecule has 0 saturated heterocycles. The molecule has 0 atom stereocenters. The van der Waals surface area contributed by atoms with Crippen molar-refractivity contribution >= 4 is 0 Å². The van der Waals surface area contributed by atoms with Crippen LogP contribution in [0.3, 0.4) is 0 Å². The standard InChI is InChI=1S/C23H43NO/c1-4-5-6-7-8-9-10-11-12-13-14-15-16-17-18-19-22-25-23-20-21-24(2)3/h5-6,8-9,11-12H,4,7,10,13-23H2,1-3H3. The van der Waals surface area contributed by atoms with Gasteiger partial charge in [0.05, 0.1) is 0 Å². The fourth-order valence-electron chi connectivity index (χ4n) is 2.58. The first-order valence-electron chi connectivity index (χ1n) is 10.4. The third kappa shape index (κ3) is 23.1. The van der Waals surface area contributed by atoms with Crippen LogP contribution in [-0.4, -0.2) is 38.8 Å². The molecule has 0 radical (unpaired) electrons. The van der Waals surface area contributed by atoms with Crippen molar-refractivity contribution in [3.05, 3.63) is 36.5 Å². The quantitative estimate of drug-likeness (QED) is 0.206. The summed E-state index contributed by atoms with van der Waals surface area (Å²) in [5.41, 5.74) is 0. The zero-order chi connectivity index (χ0) is 18.4. The van der Waals surface area contributed by atoms with Crippen molar-refractivity contribution in [3.8, 4) is 0 Å². The van der Waals surface area contributed by atoms with E-state index in [0.29, 0.717) is 0 Å². The van der Waals surface area contributed by atoms with E-state index in [-0.39, 0.29) is 0 Å². The number of allylic oxidation sites excluding steroid dienone is 6. The molecule has 0 unspecified atom stereocenters. The molecular formula is C23H43NO. The van der Waals surface area contributed by atoms with E-state index in [4.69, 9.17) is 4.74 Å². The Balaban J connectivity index is 3.16. The highest BCUT2D eigenvalue weighted by Gasteiger charge is 1.93. The van der Waals surface area contributed by atoms with Crippen molar-refractivity contribution in [2.24, 2.45) is 0 Å². The third-order valence-electron chi connectivity index (χ3n) is 4.08. The molecule has 25 heavy (non-hydrogen) atoms. The first-order valence-corrected chi connectivity index (χ1v) is 10.4. The van der Waals surface area contributed by atoms with Gasteiger partial charge in [0.2, 0.25) is 0 Å². The summed E-state index contributed by atoms with van der Waals surface area (Å²) >= 11 is 0. The highest BCUT2D eigenvalue weighted by molar-refractivity contribution is 4.96. The fraction of sp³-hybridized carbons (Fsp3) is 0.739. The van der Waals surface area contributed by atoms with Crippen LogP contribution >= 0.6 is 0 Å². The van der Waals surface area contributed by atoms with Crippen LogP contribution in [0.25, 0.3) is 0 Å². The van der Waals surface area contributed by atoms with E-state index in [0.717, 1.165) is 45.4 Å². The highest BCUT2D eigenvalue weighted by Crippen LogP contribution is 2.08. The zero-order valence-electron chi connectivity index (χ0n) is 17.2. The molecule has 0 aliphatic rings. The van der Waals surface area contributed by atoms with E-state index >= 15 is 0 Å². The maximum absolute atomic E-state index is 5.66. The second-order valence-electron chi connectivity index (χ2n) is 6.97. The summed E-state index contributed by atoms with van der Waals surface area (Å²) in [5.74, 6) is 0. The van der Waals surface area contributed by atoms with Crippen molar-refractivity contribution in [1.82, 2.24) is 4.90 Å². The van der Waals surface area contributed by atoms with Gasteiger partial charge in [0, 0.05) is 13.2 Å². The van der Waals surface area contributed by atoms with Gasteiger partial charge in [-0.2, -0.15) is 0 Å². The number of hydrogen-bond donors (Lipinski definition) is 0. The smallest absolute Gasteiger partial charge is 0.0478 e. The molecule has 0 aromatic carbocycles. The topological polar surface area (TPSA) is 12.5 Å². The van der Waals surface area contributed by atoms with E-state index in [1.165, 1.54) is 44.9 Å². The van der Waals surface area contributed by atoms with Gasteiger partial charge >= 0.3 is 0 Å². The van der Waals surface area contributed by atoms with E-state index in [2.05, 4.69) is 62.4 Å². The Kier molecular flexibility index (Phi) is 20.5. The van der Waals surface area contributed by atoms with Crippen LogP contribution < -0.4 is 0 Å². The molecule has 146 valence electrons. The van der Waals surface area contributed by atoms with Gasteiger partial charge in [0.25, 0.3) is 0 Å². The van der Waals surface area contributed by atoms with Crippen molar-refractivity contribution in [3.63, 3.8) is 0 Å². The lowest BCUT2D eigenvalue weighted by atomic mass is 10.1. The minimum atomic E-state index is 0.912. The molecule has 0 N–H and O–H groups in total. The van der Waals surface area contributed by atoms with Crippen LogP contribution in [0.15, 0.2) is 36.5 Å². The molecule has 0 fully saturated rings. The van der Waals surface area contributed by atoms with Gasteiger partial charge < -0.3 is 9.64 Å². The number of nitrogens with zero attached hydrogens (tertiary/aromatic N) is 1. The second-order valence-corrected chi connectivity index (χ2v) is 6.97. The highest BCUT2D eigenvalue weighted by atomic mass is 16.5. The lowest BCUT2D eigenvalue weighted by Crippen LogP contribution is -2.14. The van der Waals surface area contributed by atoms with Gasteiger partial charge in [-0.3, -0.25) is 0 Å². The Hall–Kier alpha value is -0.860. The molecule has 2 nitrogen and oxygen atoms in total. The average molecular weight is 350 g/mol. The van der Waals surface area contributed by atoms with Crippen LogP contribution in [0.5, 0.6) is 0 Å². The summed E-state index contributed by atoms with van der Waals surface area (Å²) in [4.78, 5) is 2.21. The normalized spacial score (nSPS) is 12.5. The Labute approximate surface area is 158 Å². The van der Waals surface area contributed by atoms with E-state index in [1.54, 1.807) is 0 Å². The molecule has 0 rings (SSSR count). The molecule has 0 bridgehead atoms. The Morgan fingerprint density at radius 3 is 1.88 bits per heavy atom. The molecule has 0 spiro atoms. The molecular weight excluding hydrogens is 306 g/mol. The first-order chi connectivity index (χ1) is 12.3. The average Bonchev–Trinajstić information content (AvgIpc) is 2.60. The third-order valence-corrected chi connectivity index (χ3v) is 4.08. The predicted molar refractivity (Wildman–Crippen MR) is 113 cm³/mol. The van der Waals surface area contributed by atoms with Gasteiger partial charge in [0.15, 0.2) is 0 Å². The van der Waals surface area contributed by atoms with Gasteiger partial charge in [-0.25, -0.2) is 0 Å². The minimum Gasteiger partial charge on any atom is -0.381 e. The largest absolute Gasteiger partial charge is 0.381 e. The molecule has 0 aromatic rings. The number of rotatable bonds is 18. The van der Waals surface area contributed by atoms with E-state index < -0.39 is 0 Å². The van der Waals surface area contributed by atoms with Crippen LogP contribution in [0.1, 0.15) is 77.6 Å². The lowest BCUT2D eigenvalue weighted by molar-refractivity contribution is 0.122. The number of hydrogen-bond acceptors (Lipinski definition) is 2. The molecule has 0 aliphatic heterocycles. The van der Waals surface area contributed by atoms with Crippen molar-refractivity contribution in [1.29, 1.82) is 0 Å². The Morgan fingerprint density at radius 1 is 0.640 bits per heavy atom. The molecule has 0 amide bonds. The summed E-state index contributed by atoms with van der Waals surface area (Å²) in [6, 6.07) is 0. The Bertz CT molecular complexity index is 331. The van der Waals surface area contributed by atoms with Crippen molar-refractivity contribution < 1.29 is 4.74 Å². The molecule has 0 aliphatic carbocycles.